The predicted molar refractivity (Wildman–Crippen MR) is 96.9 cm³/mol. The molecule has 26 heavy (non-hydrogen) atoms. The van der Waals surface area contributed by atoms with Crippen LogP contribution in [-0.2, 0) is 21.5 Å². The number of nitro groups is 1. The molecule has 7 nitrogen and oxygen atoms in total. The van der Waals surface area contributed by atoms with E-state index in [1.165, 1.54) is 5.56 Å². The summed E-state index contributed by atoms with van der Waals surface area (Å²) in [5.74, 6) is -0.393. The standard InChI is InChI=1S/C19H23N3O4/c1-3-26-18(23)15-5-4-9-21-10-8-14-13-7-6-12(22(24)25)11-16(13)20-17(14)19(15,21)2/h6-7,11,15,20H,3-5,8-10H2,1-2H3. The average Bonchev–Trinajstić information content (AvgIpc) is 3.00. The number of nitrogens with one attached hydrogen (secondary N) is 1. The highest BCUT2D eigenvalue weighted by Crippen LogP contribution is 2.47. The van der Waals surface area contributed by atoms with Crippen LogP contribution in [0.3, 0.4) is 0 Å². The van der Waals surface area contributed by atoms with E-state index in [9.17, 15) is 14.9 Å². The van der Waals surface area contributed by atoms with Crippen LogP contribution < -0.4 is 0 Å². The molecule has 0 aliphatic carbocycles. The Morgan fingerprint density at radius 2 is 2.27 bits per heavy atom. The van der Waals surface area contributed by atoms with Gasteiger partial charge in [-0.05, 0) is 51.3 Å². The zero-order valence-corrected chi connectivity index (χ0v) is 15.1. The van der Waals surface area contributed by atoms with Crippen molar-refractivity contribution in [1.82, 2.24) is 9.88 Å². The van der Waals surface area contributed by atoms with Gasteiger partial charge in [-0.1, -0.05) is 0 Å². The van der Waals surface area contributed by atoms with E-state index in [4.69, 9.17) is 4.74 Å². The number of benzene rings is 1. The Bertz CT molecular complexity index is 890. The lowest BCUT2D eigenvalue weighted by Gasteiger charge is -2.51. The Kier molecular flexibility index (Phi) is 3.99. The van der Waals surface area contributed by atoms with E-state index in [0.717, 1.165) is 48.9 Å². The van der Waals surface area contributed by atoms with Gasteiger partial charge in [0.2, 0.25) is 0 Å². The average molecular weight is 357 g/mol. The van der Waals surface area contributed by atoms with E-state index >= 15 is 0 Å². The van der Waals surface area contributed by atoms with Crippen molar-refractivity contribution < 1.29 is 14.5 Å². The summed E-state index contributed by atoms with van der Waals surface area (Å²) in [5, 5.41) is 12.1. The highest BCUT2D eigenvalue weighted by Gasteiger charge is 2.51. The molecule has 1 saturated heterocycles. The number of aromatic amines is 1. The fourth-order valence-electron chi connectivity index (χ4n) is 4.78. The smallest absolute Gasteiger partial charge is 0.311 e. The van der Waals surface area contributed by atoms with E-state index in [2.05, 4.69) is 16.8 Å². The predicted octanol–water partition coefficient (Wildman–Crippen LogP) is 3.12. The van der Waals surface area contributed by atoms with Gasteiger partial charge in [0.1, 0.15) is 0 Å². The second-order valence-corrected chi connectivity index (χ2v) is 7.30. The first-order chi connectivity index (χ1) is 12.5. The van der Waals surface area contributed by atoms with Gasteiger partial charge in [0.15, 0.2) is 0 Å². The monoisotopic (exact) mass is 357 g/mol. The molecule has 7 heteroatoms. The van der Waals surface area contributed by atoms with Gasteiger partial charge in [0.05, 0.1) is 28.5 Å². The van der Waals surface area contributed by atoms with Gasteiger partial charge in [0, 0.05) is 29.8 Å². The van der Waals surface area contributed by atoms with Crippen LogP contribution in [0.4, 0.5) is 5.69 Å². The molecular weight excluding hydrogens is 334 g/mol. The van der Waals surface area contributed by atoms with Gasteiger partial charge in [-0.3, -0.25) is 19.8 Å². The highest BCUT2D eigenvalue weighted by molar-refractivity contribution is 5.88. The third-order valence-corrected chi connectivity index (χ3v) is 6.07. The Labute approximate surface area is 151 Å². The number of nitrogens with zero attached hydrogens (tertiary/aromatic N) is 2. The van der Waals surface area contributed by atoms with E-state index in [-0.39, 0.29) is 22.5 Å². The number of fused-ring (bicyclic) bond motifs is 5. The molecule has 2 aliphatic rings. The lowest BCUT2D eigenvalue weighted by atomic mass is 9.72. The molecular formula is C19H23N3O4. The van der Waals surface area contributed by atoms with Crippen LogP contribution >= 0.6 is 0 Å². The van der Waals surface area contributed by atoms with Crippen LogP contribution in [0.25, 0.3) is 10.9 Å². The Morgan fingerprint density at radius 3 is 3.00 bits per heavy atom. The van der Waals surface area contributed by atoms with Crippen molar-refractivity contribution in [2.75, 3.05) is 19.7 Å². The Morgan fingerprint density at radius 1 is 1.46 bits per heavy atom. The fraction of sp³-hybridized carbons (Fsp3) is 0.526. The second kappa shape index (κ2) is 6.09. The minimum Gasteiger partial charge on any atom is -0.466 e. The fourth-order valence-corrected chi connectivity index (χ4v) is 4.78. The van der Waals surface area contributed by atoms with Crippen molar-refractivity contribution in [3.05, 3.63) is 39.6 Å². The zero-order chi connectivity index (χ0) is 18.5. The van der Waals surface area contributed by atoms with Crippen molar-refractivity contribution >= 4 is 22.6 Å². The number of aromatic nitrogens is 1. The lowest BCUT2D eigenvalue weighted by molar-refractivity contribution is -0.384. The van der Waals surface area contributed by atoms with E-state index < -0.39 is 5.54 Å². The van der Waals surface area contributed by atoms with Crippen LogP contribution in [0, 0.1) is 16.0 Å². The first-order valence-corrected chi connectivity index (χ1v) is 9.18. The number of carbonyl (C=O) groups is 1. The molecule has 0 amide bonds. The number of hydrogen-bond acceptors (Lipinski definition) is 5. The normalized spacial score (nSPS) is 25.5. The maximum atomic E-state index is 12.7. The van der Waals surface area contributed by atoms with Crippen molar-refractivity contribution in [3.8, 4) is 0 Å². The number of nitro benzene ring substituents is 1. The maximum absolute atomic E-state index is 12.7. The maximum Gasteiger partial charge on any atom is 0.311 e. The number of non-ortho nitro benzene ring substituents is 1. The summed E-state index contributed by atoms with van der Waals surface area (Å²) < 4.78 is 5.37. The first kappa shape index (κ1) is 17.0. The van der Waals surface area contributed by atoms with Gasteiger partial charge in [0.25, 0.3) is 5.69 Å². The van der Waals surface area contributed by atoms with Crippen LogP contribution in [0.5, 0.6) is 0 Å². The number of carbonyl (C=O) groups excluding carboxylic acids is 1. The van der Waals surface area contributed by atoms with Gasteiger partial charge < -0.3 is 9.72 Å². The molecule has 0 radical (unpaired) electrons. The number of hydrogen-bond donors (Lipinski definition) is 1. The van der Waals surface area contributed by atoms with Crippen molar-refractivity contribution in [1.29, 1.82) is 0 Å². The largest absolute Gasteiger partial charge is 0.466 e. The van der Waals surface area contributed by atoms with Gasteiger partial charge >= 0.3 is 5.97 Å². The summed E-state index contributed by atoms with van der Waals surface area (Å²) in [6.07, 6.45) is 2.64. The molecule has 2 atom stereocenters. The Balaban J connectivity index is 1.87. The molecule has 2 aromatic rings. The lowest BCUT2D eigenvalue weighted by Crippen LogP contribution is -2.58. The molecule has 0 saturated carbocycles. The summed E-state index contributed by atoms with van der Waals surface area (Å²) in [5.41, 5.74) is 2.55. The topological polar surface area (TPSA) is 88.5 Å². The molecule has 138 valence electrons. The third kappa shape index (κ3) is 2.34. The number of esters is 1. The summed E-state index contributed by atoms with van der Waals surface area (Å²) in [6.45, 7) is 6.13. The van der Waals surface area contributed by atoms with Crippen molar-refractivity contribution in [2.24, 2.45) is 5.92 Å². The summed E-state index contributed by atoms with van der Waals surface area (Å²) in [6, 6.07) is 4.96. The molecule has 2 unspecified atom stereocenters. The van der Waals surface area contributed by atoms with Gasteiger partial charge in [-0.15, -0.1) is 0 Å². The van der Waals surface area contributed by atoms with Gasteiger partial charge in [-0.25, -0.2) is 0 Å². The van der Waals surface area contributed by atoms with Crippen LogP contribution in [0.2, 0.25) is 0 Å². The molecule has 1 N–H and O–H groups in total. The highest BCUT2D eigenvalue weighted by atomic mass is 16.6. The van der Waals surface area contributed by atoms with E-state index in [0.29, 0.717) is 6.61 Å². The number of ether oxygens (including phenoxy) is 1. The molecule has 3 heterocycles. The minimum atomic E-state index is -0.466. The minimum absolute atomic E-state index is 0.0729. The zero-order valence-electron chi connectivity index (χ0n) is 15.1. The molecule has 2 aliphatic heterocycles. The van der Waals surface area contributed by atoms with Crippen molar-refractivity contribution in [3.63, 3.8) is 0 Å². The molecule has 1 aromatic carbocycles. The second-order valence-electron chi connectivity index (χ2n) is 7.30. The van der Waals surface area contributed by atoms with Crippen LogP contribution in [0.1, 0.15) is 37.9 Å². The third-order valence-electron chi connectivity index (χ3n) is 6.07. The van der Waals surface area contributed by atoms with Gasteiger partial charge in [-0.2, -0.15) is 0 Å². The van der Waals surface area contributed by atoms with E-state index in [1.54, 1.807) is 12.1 Å². The molecule has 0 spiro atoms. The molecule has 4 rings (SSSR count). The number of piperidine rings is 1. The number of rotatable bonds is 3. The number of H-pyrrole nitrogens is 1. The molecule has 0 bridgehead atoms. The van der Waals surface area contributed by atoms with Crippen molar-refractivity contribution in [2.45, 2.75) is 38.6 Å². The molecule has 1 aromatic heterocycles. The SMILES string of the molecule is CCOC(=O)C1CCCN2CCc3c([nH]c4cc([N+](=O)[O-])ccc34)C12C. The summed E-state index contributed by atoms with van der Waals surface area (Å²) in [4.78, 5) is 29.2. The summed E-state index contributed by atoms with van der Waals surface area (Å²) in [7, 11) is 0. The van der Waals surface area contributed by atoms with Crippen LogP contribution in [-0.4, -0.2) is 40.5 Å². The summed E-state index contributed by atoms with van der Waals surface area (Å²) >= 11 is 0. The van der Waals surface area contributed by atoms with Crippen LogP contribution in [0.15, 0.2) is 18.2 Å². The molecule has 1 fully saturated rings. The Hall–Kier alpha value is -2.41. The van der Waals surface area contributed by atoms with E-state index in [1.807, 2.05) is 13.0 Å². The quantitative estimate of drug-likeness (QED) is 0.518. The first-order valence-electron chi connectivity index (χ1n) is 9.18.